The van der Waals surface area contributed by atoms with E-state index in [0.717, 1.165) is 5.92 Å². The molecule has 0 aromatic rings. The molecular formula is C14H20O2. The molecule has 3 rings (SSSR count). The predicted molar refractivity (Wildman–Crippen MR) is 62.0 cm³/mol. The van der Waals surface area contributed by atoms with E-state index in [-0.39, 0.29) is 22.9 Å². The molecule has 1 aliphatic heterocycles. The topological polar surface area (TPSA) is 26.3 Å². The van der Waals surface area contributed by atoms with Gasteiger partial charge in [-0.2, -0.15) is 0 Å². The van der Waals surface area contributed by atoms with Crippen molar-refractivity contribution in [2.45, 2.75) is 52.2 Å². The summed E-state index contributed by atoms with van der Waals surface area (Å²) in [7, 11) is 0. The van der Waals surface area contributed by atoms with Crippen molar-refractivity contribution in [1.29, 1.82) is 0 Å². The van der Waals surface area contributed by atoms with Gasteiger partial charge in [0.15, 0.2) is 5.78 Å². The van der Waals surface area contributed by atoms with Crippen LogP contribution < -0.4 is 0 Å². The van der Waals surface area contributed by atoms with Gasteiger partial charge in [0.05, 0.1) is 5.60 Å². The lowest BCUT2D eigenvalue weighted by atomic mass is 9.66. The van der Waals surface area contributed by atoms with Crippen LogP contribution in [0.5, 0.6) is 0 Å². The zero-order valence-corrected chi connectivity index (χ0v) is 10.5. The summed E-state index contributed by atoms with van der Waals surface area (Å²) >= 11 is 0. The summed E-state index contributed by atoms with van der Waals surface area (Å²) in [5.41, 5.74) is 1.43. The molecule has 2 heteroatoms. The predicted octanol–water partition coefficient (Wildman–Crippen LogP) is 2.73. The van der Waals surface area contributed by atoms with Crippen LogP contribution in [0.25, 0.3) is 0 Å². The van der Waals surface area contributed by atoms with Gasteiger partial charge in [-0.15, -0.1) is 0 Å². The number of carbonyl (C=O) groups excluding carboxylic acids is 1. The first-order valence-corrected chi connectivity index (χ1v) is 6.25. The van der Waals surface area contributed by atoms with Gasteiger partial charge in [0.25, 0.3) is 0 Å². The zero-order valence-electron chi connectivity index (χ0n) is 10.5. The number of ether oxygens (including phenoxy) is 1. The smallest absolute Gasteiger partial charge is 0.162 e. The maximum Gasteiger partial charge on any atom is 0.162 e. The Balaban J connectivity index is 2.03. The van der Waals surface area contributed by atoms with Gasteiger partial charge in [-0.05, 0) is 55.6 Å². The van der Waals surface area contributed by atoms with E-state index in [1.54, 1.807) is 6.92 Å². The number of hydrogen-bond donors (Lipinski definition) is 0. The van der Waals surface area contributed by atoms with E-state index < -0.39 is 0 Å². The van der Waals surface area contributed by atoms with Crippen LogP contribution in [0.15, 0.2) is 11.6 Å². The number of ketones is 1. The van der Waals surface area contributed by atoms with Gasteiger partial charge in [0, 0.05) is 0 Å². The Morgan fingerprint density at radius 3 is 2.75 bits per heavy atom. The number of hydrogen-bond acceptors (Lipinski definition) is 2. The molecule has 2 nitrogen and oxygen atoms in total. The van der Waals surface area contributed by atoms with Gasteiger partial charge in [-0.1, -0.05) is 13.8 Å². The maximum absolute atomic E-state index is 11.5. The molecule has 0 radical (unpaired) electrons. The van der Waals surface area contributed by atoms with Crippen molar-refractivity contribution in [2.24, 2.45) is 17.3 Å². The van der Waals surface area contributed by atoms with Crippen molar-refractivity contribution in [3.05, 3.63) is 11.6 Å². The number of Topliss-reactive ketones (excluding diaryl/α,β-unsaturated/α-hetero) is 1. The van der Waals surface area contributed by atoms with E-state index in [1.807, 2.05) is 0 Å². The number of rotatable bonds is 1. The van der Waals surface area contributed by atoms with Gasteiger partial charge in [-0.3, -0.25) is 4.79 Å². The van der Waals surface area contributed by atoms with Gasteiger partial charge in [0.1, 0.15) is 6.10 Å². The zero-order chi connectivity index (χ0) is 11.7. The van der Waals surface area contributed by atoms with Crippen LogP contribution in [0.3, 0.4) is 0 Å². The van der Waals surface area contributed by atoms with Crippen molar-refractivity contribution < 1.29 is 9.53 Å². The molecule has 2 fully saturated rings. The molecule has 16 heavy (non-hydrogen) atoms. The van der Waals surface area contributed by atoms with Gasteiger partial charge < -0.3 is 4.74 Å². The minimum atomic E-state index is -0.293. The molecule has 0 bridgehead atoms. The van der Waals surface area contributed by atoms with Crippen molar-refractivity contribution in [3.8, 4) is 0 Å². The van der Waals surface area contributed by atoms with Gasteiger partial charge >= 0.3 is 0 Å². The lowest BCUT2D eigenvalue weighted by molar-refractivity contribution is -0.132. The Labute approximate surface area is 97.1 Å². The van der Waals surface area contributed by atoms with E-state index in [1.165, 1.54) is 18.4 Å². The second-order valence-corrected chi connectivity index (χ2v) is 6.53. The molecule has 3 aliphatic rings. The van der Waals surface area contributed by atoms with Crippen LogP contribution in [0, 0.1) is 17.3 Å². The molecule has 2 saturated carbocycles. The van der Waals surface area contributed by atoms with Crippen molar-refractivity contribution in [3.63, 3.8) is 0 Å². The first-order chi connectivity index (χ1) is 7.34. The summed E-state index contributed by atoms with van der Waals surface area (Å²) < 4.78 is 6.06. The third-order valence-corrected chi connectivity index (χ3v) is 4.76. The first kappa shape index (κ1) is 10.5. The second kappa shape index (κ2) is 2.79. The molecule has 1 unspecified atom stereocenters. The average Bonchev–Trinajstić information content (AvgIpc) is 2.79. The fourth-order valence-electron chi connectivity index (χ4n) is 3.98. The molecule has 88 valence electrons. The molecule has 2 aliphatic carbocycles. The highest BCUT2D eigenvalue weighted by atomic mass is 16.5. The lowest BCUT2D eigenvalue weighted by Gasteiger charge is -2.42. The lowest BCUT2D eigenvalue weighted by Crippen LogP contribution is -2.42. The molecule has 1 heterocycles. The minimum Gasteiger partial charge on any atom is -0.355 e. The molecular weight excluding hydrogens is 200 g/mol. The van der Waals surface area contributed by atoms with Crippen LogP contribution >= 0.6 is 0 Å². The van der Waals surface area contributed by atoms with E-state index in [9.17, 15) is 4.79 Å². The molecule has 0 aromatic heterocycles. The molecule has 0 amide bonds. The van der Waals surface area contributed by atoms with Gasteiger partial charge in [0.2, 0.25) is 0 Å². The normalized spacial score (nSPS) is 48.0. The highest BCUT2D eigenvalue weighted by molar-refractivity contribution is 5.83. The summed E-state index contributed by atoms with van der Waals surface area (Å²) in [6.45, 7) is 8.39. The van der Waals surface area contributed by atoms with Gasteiger partial charge in [-0.25, -0.2) is 0 Å². The van der Waals surface area contributed by atoms with Crippen LogP contribution in [-0.2, 0) is 9.53 Å². The maximum atomic E-state index is 11.5. The number of fused-ring (bicyclic) bond motifs is 3. The largest absolute Gasteiger partial charge is 0.355 e. The monoisotopic (exact) mass is 220 g/mol. The van der Waals surface area contributed by atoms with E-state index >= 15 is 0 Å². The Bertz CT molecular complexity index is 394. The first-order valence-electron chi connectivity index (χ1n) is 6.25. The fourth-order valence-corrected chi connectivity index (χ4v) is 3.98. The van der Waals surface area contributed by atoms with Crippen molar-refractivity contribution >= 4 is 5.78 Å². The average molecular weight is 220 g/mol. The summed E-state index contributed by atoms with van der Waals surface area (Å²) in [5.74, 6) is 1.62. The molecule has 0 spiro atoms. The summed E-state index contributed by atoms with van der Waals surface area (Å²) in [5, 5.41) is 0. The minimum absolute atomic E-state index is 0.135. The Morgan fingerprint density at radius 1 is 1.44 bits per heavy atom. The van der Waals surface area contributed by atoms with E-state index in [0.29, 0.717) is 5.92 Å². The summed E-state index contributed by atoms with van der Waals surface area (Å²) in [6, 6.07) is 0. The fraction of sp³-hybridized carbons (Fsp3) is 0.786. The molecule has 0 N–H and O–H groups in total. The Morgan fingerprint density at radius 2 is 2.12 bits per heavy atom. The SMILES string of the molecule is CC(=O)C1C=C2C(C)(C)C[C@@H]3C[C@@H]3[C@@]2(C)O1. The van der Waals surface area contributed by atoms with Crippen LogP contribution in [0.1, 0.15) is 40.5 Å². The third kappa shape index (κ3) is 1.20. The number of carbonyl (C=O) groups is 1. The molecule has 4 atom stereocenters. The Kier molecular flexibility index (Phi) is 1.83. The van der Waals surface area contributed by atoms with Crippen LogP contribution in [0.4, 0.5) is 0 Å². The summed E-state index contributed by atoms with van der Waals surface area (Å²) in [6.07, 6.45) is 4.34. The van der Waals surface area contributed by atoms with Crippen LogP contribution in [-0.4, -0.2) is 17.5 Å². The highest BCUT2D eigenvalue weighted by Crippen LogP contribution is 2.65. The molecule has 0 saturated heterocycles. The summed E-state index contributed by atoms with van der Waals surface area (Å²) in [4.78, 5) is 11.5. The quantitative estimate of drug-likeness (QED) is 0.635. The standard InChI is InChI=1S/C14H20O2/c1-8(15)11-6-12-13(2,3)7-9-5-10(9)14(12,4)16-11/h6,9-11H,5,7H2,1-4H3/t9-,10-,11?,14+/m0/s1. The van der Waals surface area contributed by atoms with Crippen molar-refractivity contribution in [1.82, 2.24) is 0 Å². The Hall–Kier alpha value is -0.630. The van der Waals surface area contributed by atoms with Crippen LogP contribution in [0.2, 0.25) is 0 Å². The molecule has 0 aromatic carbocycles. The third-order valence-electron chi connectivity index (χ3n) is 4.76. The highest BCUT2D eigenvalue weighted by Gasteiger charge is 2.63. The van der Waals surface area contributed by atoms with E-state index in [4.69, 9.17) is 4.74 Å². The second-order valence-electron chi connectivity index (χ2n) is 6.53. The van der Waals surface area contributed by atoms with E-state index in [2.05, 4.69) is 26.8 Å². The van der Waals surface area contributed by atoms with Crippen molar-refractivity contribution in [2.75, 3.05) is 0 Å².